The Hall–Kier alpha value is -1.10. The summed E-state index contributed by atoms with van der Waals surface area (Å²) in [5.41, 5.74) is 1.63. The van der Waals surface area contributed by atoms with Crippen LogP contribution in [0.1, 0.15) is 31.7 Å². The second-order valence-corrected chi connectivity index (χ2v) is 5.59. The van der Waals surface area contributed by atoms with Crippen molar-refractivity contribution in [2.24, 2.45) is 0 Å². The number of unbranched alkanes of at least 4 members (excludes halogenated alkanes) is 1. The summed E-state index contributed by atoms with van der Waals surface area (Å²) in [6, 6.07) is 5.55. The first-order valence-corrected chi connectivity index (χ1v) is 7.84. The number of nitrogens with one attached hydrogen (secondary N) is 1. The number of amides is 1. The highest BCUT2D eigenvalue weighted by Gasteiger charge is 2.12. The fraction of sp³-hybridized carbons (Fsp3) is 0.562. The topological polar surface area (TPSA) is 52.6 Å². The van der Waals surface area contributed by atoms with E-state index in [0.29, 0.717) is 23.7 Å². The van der Waals surface area contributed by atoms with Crippen molar-refractivity contribution in [3.8, 4) is 0 Å². The van der Waals surface area contributed by atoms with Gasteiger partial charge in [-0.25, -0.2) is 0 Å². The average Bonchev–Trinajstić information content (AvgIpc) is 2.46. The van der Waals surface area contributed by atoms with Gasteiger partial charge >= 0.3 is 0 Å². The van der Waals surface area contributed by atoms with E-state index in [1.807, 2.05) is 19.1 Å². The molecular formula is C16H25ClN2O2. The van der Waals surface area contributed by atoms with E-state index in [2.05, 4.69) is 17.1 Å². The second kappa shape index (κ2) is 9.77. The highest BCUT2D eigenvalue weighted by atomic mass is 35.5. The van der Waals surface area contributed by atoms with Gasteiger partial charge in [0.1, 0.15) is 0 Å². The first-order valence-electron chi connectivity index (χ1n) is 7.46. The van der Waals surface area contributed by atoms with Crippen LogP contribution in [-0.2, 0) is 4.79 Å². The number of aliphatic hydroxyl groups excluding tert-OH is 1. The summed E-state index contributed by atoms with van der Waals surface area (Å²) in [5.74, 6) is -0.0692. The first kappa shape index (κ1) is 18.0. The number of benzene rings is 1. The summed E-state index contributed by atoms with van der Waals surface area (Å²) in [5, 5.41) is 12.4. The van der Waals surface area contributed by atoms with Crippen molar-refractivity contribution in [2.45, 2.75) is 33.1 Å². The number of nitrogens with zero attached hydrogens (tertiary/aromatic N) is 1. The number of aliphatic hydroxyl groups is 1. The molecule has 0 aliphatic heterocycles. The minimum absolute atomic E-state index is 0.0692. The predicted octanol–water partition coefficient (Wildman–Crippen LogP) is 3.07. The Bertz CT molecular complexity index is 424. The number of anilines is 1. The molecule has 0 heterocycles. The van der Waals surface area contributed by atoms with Gasteiger partial charge in [-0.3, -0.25) is 9.69 Å². The molecule has 0 bridgehead atoms. The second-order valence-electron chi connectivity index (χ2n) is 5.19. The molecule has 0 saturated heterocycles. The SMILES string of the molecule is CCCCN(CCCO)CC(=O)Nc1c(C)cccc1Cl. The molecule has 0 saturated carbocycles. The zero-order valence-corrected chi connectivity index (χ0v) is 13.6. The number of carbonyl (C=O) groups is 1. The van der Waals surface area contributed by atoms with Crippen LogP contribution >= 0.6 is 11.6 Å². The van der Waals surface area contributed by atoms with Gasteiger partial charge < -0.3 is 10.4 Å². The summed E-state index contributed by atoms with van der Waals surface area (Å²) in [6.45, 7) is 6.11. The Kier molecular flexibility index (Phi) is 8.35. The minimum atomic E-state index is -0.0692. The van der Waals surface area contributed by atoms with Crippen molar-refractivity contribution in [3.05, 3.63) is 28.8 Å². The molecule has 0 fully saturated rings. The predicted molar refractivity (Wildman–Crippen MR) is 87.9 cm³/mol. The molecule has 1 amide bonds. The molecule has 0 aromatic heterocycles. The number of hydrogen-bond donors (Lipinski definition) is 2. The summed E-state index contributed by atoms with van der Waals surface area (Å²) in [6.07, 6.45) is 2.81. The number of aryl methyl sites for hydroxylation is 1. The molecule has 0 aliphatic carbocycles. The summed E-state index contributed by atoms with van der Waals surface area (Å²) >= 11 is 6.12. The van der Waals surface area contributed by atoms with Gasteiger partial charge in [0.05, 0.1) is 17.3 Å². The van der Waals surface area contributed by atoms with E-state index in [0.717, 1.165) is 31.5 Å². The van der Waals surface area contributed by atoms with Gasteiger partial charge in [0.2, 0.25) is 5.91 Å². The van der Waals surface area contributed by atoms with Crippen molar-refractivity contribution in [2.75, 3.05) is 31.6 Å². The highest BCUT2D eigenvalue weighted by Crippen LogP contribution is 2.25. The molecule has 5 heteroatoms. The van der Waals surface area contributed by atoms with Crippen molar-refractivity contribution < 1.29 is 9.90 Å². The molecule has 0 unspecified atom stereocenters. The van der Waals surface area contributed by atoms with E-state index in [-0.39, 0.29) is 12.5 Å². The quantitative estimate of drug-likeness (QED) is 0.737. The molecule has 1 aromatic carbocycles. The van der Waals surface area contributed by atoms with E-state index >= 15 is 0 Å². The largest absolute Gasteiger partial charge is 0.396 e. The van der Waals surface area contributed by atoms with Gasteiger partial charge in [-0.1, -0.05) is 37.1 Å². The Balaban J connectivity index is 2.60. The monoisotopic (exact) mass is 312 g/mol. The zero-order valence-electron chi connectivity index (χ0n) is 12.9. The number of para-hydroxylation sites is 1. The average molecular weight is 313 g/mol. The molecule has 2 N–H and O–H groups in total. The lowest BCUT2D eigenvalue weighted by molar-refractivity contribution is -0.117. The fourth-order valence-corrected chi connectivity index (χ4v) is 2.39. The number of hydrogen-bond acceptors (Lipinski definition) is 3. The molecule has 21 heavy (non-hydrogen) atoms. The van der Waals surface area contributed by atoms with Gasteiger partial charge in [0.15, 0.2) is 0 Å². The van der Waals surface area contributed by atoms with Crippen molar-refractivity contribution in [1.82, 2.24) is 4.90 Å². The van der Waals surface area contributed by atoms with E-state index in [9.17, 15) is 4.79 Å². The van der Waals surface area contributed by atoms with Crippen LogP contribution in [0.3, 0.4) is 0 Å². The van der Waals surface area contributed by atoms with Crippen LogP contribution < -0.4 is 5.32 Å². The normalized spacial score (nSPS) is 10.9. The van der Waals surface area contributed by atoms with Crippen LogP contribution in [0.15, 0.2) is 18.2 Å². The van der Waals surface area contributed by atoms with Crippen LogP contribution in [0.4, 0.5) is 5.69 Å². The van der Waals surface area contributed by atoms with E-state index < -0.39 is 0 Å². The number of rotatable bonds is 9. The standard InChI is InChI=1S/C16H25ClN2O2/c1-3-4-9-19(10-6-11-20)12-15(21)18-16-13(2)7-5-8-14(16)17/h5,7-8,20H,3-4,6,9-12H2,1-2H3,(H,18,21). The van der Waals surface area contributed by atoms with E-state index in [1.54, 1.807) is 6.07 Å². The smallest absolute Gasteiger partial charge is 0.238 e. The molecule has 4 nitrogen and oxygen atoms in total. The maximum absolute atomic E-state index is 12.2. The van der Waals surface area contributed by atoms with Gasteiger partial charge in [-0.05, 0) is 37.9 Å². The van der Waals surface area contributed by atoms with Gasteiger partial charge in [-0.2, -0.15) is 0 Å². The number of carbonyl (C=O) groups excluding carboxylic acids is 1. The van der Waals surface area contributed by atoms with Crippen LogP contribution in [0.2, 0.25) is 5.02 Å². The maximum atomic E-state index is 12.2. The molecule has 1 rings (SSSR count). The highest BCUT2D eigenvalue weighted by molar-refractivity contribution is 6.33. The summed E-state index contributed by atoms with van der Waals surface area (Å²) < 4.78 is 0. The maximum Gasteiger partial charge on any atom is 0.238 e. The Morgan fingerprint density at radius 1 is 1.33 bits per heavy atom. The molecule has 0 atom stereocenters. The lowest BCUT2D eigenvalue weighted by atomic mass is 10.2. The van der Waals surface area contributed by atoms with Crippen LogP contribution in [0.5, 0.6) is 0 Å². The molecule has 1 aromatic rings. The van der Waals surface area contributed by atoms with Gasteiger partial charge in [-0.15, -0.1) is 0 Å². The minimum Gasteiger partial charge on any atom is -0.396 e. The summed E-state index contributed by atoms with van der Waals surface area (Å²) in [7, 11) is 0. The molecule has 0 aliphatic rings. The molecular weight excluding hydrogens is 288 g/mol. The van der Waals surface area contributed by atoms with Gasteiger partial charge in [0.25, 0.3) is 0 Å². The van der Waals surface area contributed by atoms with E-state index in [1.165, 1.54) is 0 Å². The van der Waals surface area contributed by atoms with Crippen LogP contribution in [-0.4, -0.2) is 42.2 Å². The third-order valence-corrected chi connectivity index (χ3v) is 3.63. The lowest BCUT2D eigenvalue weighted by Crippen LogP contribution is -2.35. The van der Waals surface area contributed by atoms with Crippen molar-refractivity contribution in [1.29, 1.82) is 0 Å². The summed E-state index contributed by atoms with van der Waals surface area (Å²) in [4.78, 5) is 14.3. The van der Waals surface area contributed by atoms with Crippen molar-refractivity contribution >= 4 is 23.2 Å². The van der Waals surface area contributed by atoms with Crippen LogP contribution in [0.25, 0.3) is 0 Å². The fourth-order valence-electron chi connectivity index (χ4n) is 2.12. The molecule has 118 valence electrons. The zero-order chi connectivity index (χ0) is 15.7. The molecule has 0 spiro atoms. The lowest BCUT2D eigenvalue weighted by Gasteiger charge is -2.21. The van der Waals surface area contributed by atoms with Gasteiger partial charge in [0, 0.05) is 13.2 Å². The van der Waals surface area contributed by atoms with Crippen LogP contribution in [0, 0.1) is 6.92 Å². The number of halogens is 1. The first-order chi connectivity index (χ1) is 10.1. The van der Waals surface area contributed by atoms with Crippen molar-refractivity contribution in [3.63, 3.8) is 0 Å². The third-order valence-electron chi connectivity index (χ3n) is 3.31. The Morgan fingerprint density at radius 3 is 2.67 bits per heavy atom. The Labute approximate surface area is 132 Å². The molecule has 0 radical (unpaired) electrons. The van der Waals surface area contributed by atoms with E-state index in [4.69, 9.17) is 16.7 Å². The third kappa shape index (κ3) is 6.46. The Morgan fingerprint density at radius 2 is 2.05 bits per heavy atom.